The van der Waals surface area contributed by atoms with E-state index < -0.39 is 0 Å². The number of H-pyrrole nitrogens is 1. The summed E-state index contributed by atoms with van der Waals surface area (Å²) in [4.78, 5) is 33.2. The second-order valence-electron chi connectivity index (χ2n) is 5.65. The van der Waals surface area contributed by atoms with E-state index >= 15 is 0 Å². The van der Waals surface area contributed by atoms with E-state index in [1.807, 2.05) is 5.38 Å². The van der Waals surface area contributed by atoms with Gasteiger partial charge in [0.15, 0.2) is 5.78 Å². The Labute approximate surface area is 142 Å². The summed E-state index contributed by atoms with van der Waals surface area (Å²) in [5.41, 5.74) is 2.10. The van der Waals surface area contributed by atoms with E-state index in [2.05, 4.69) is 9.97 Å². The van der Waals surface area contributed by atoms with Crippen molar-refractivity contribution < 1.29 is 14.0 Å². The molecule has 0 atom stereocenters. The number of aromatic amines is 1. The monoisotopic (exact) mass is 345 g/mol. The minimum atomic E-state index is -0.333. The number of carbonyl (C=O) groups excluding carboxylic acids is 2. The van der Waals surface area contributed by atoms with Gasteiger partial charge in [0.05, 0.1) is 28.9 Å². The van der Waals surface area contributed by atoms with Gasteiger partial charge >= 0.3 is 0 Å². The fourth-order valence-electron chi connectivity index (χ4n) is 2.38. The SMILES string of the molecule is CC(=O)c1cc(CC(=O)N(C)Cc2nc3ccc(F)cc3[nH]2)cs1. The molecule has 0 aliphatic rings. The predicted octanol–water partition coefficient (Wildman–Crippen LogP) is 3.17. The maximum atomic E-state index is 13.2. The zero-order chi connectivity index (χ0) is 17.3. The smallest absolute Gasteiger partial charge is 0.227 e. The molecule has 2 aromatic heterocycles. The number of nitrogens with zero attached hydrogens (tertiary/aromatic N) is 2. The summed E-state index contributed by atoms with van der Waals surface area (Å²) >= 11 is 1.35. The van der Waals surface area contributed by atoms with Crippen LogP contribution in [-0.4, -0.2) is 33.6 Å². The Morgan fingerprint density at radius 3 is 2.83 bits per heavy atom. The fraction of sp³-hybridized carbons (Fsp3) is 0.235. The van der Waals surface area contributed by atoms with Gasteiger partial charge in [0, 0.05) is 7.05 Å². The van der Waals surface area contributed by atoms with Gasteiger partial charge in [-0.3, -0.25) is 9.59 Å². The van der Waals surface area contributed by atoms with E-state index in [1.165, 1.54) is 30.4 Å². The molecule has 0 unspecified atom stereocenters. The predicted molar refractivity (Wildman–Crippen MR) is 90.6 cm³/mol. The molecule has 0 saturated heterocycles. The van der Waals surface area contributed by atoms with E-state index in [0.29, 0.717) is 28.3 Å². The molecular formula is C17H16FN3O2S. The van der Waals surface area contributed by atoms with Crippen LogP contribution in [0.25, 0.3) is 11.0 Å². The van der Waals surface area contributed by atoms with E-state index in [1.54, 1.807) is 24.1 Å². The zero-order valence-electron chi connectivity index (χ0n) is 13.3. The molecule has 0 aliphatic heterocycles. The number of hydrogen-bond acceptors (Lipinski definition) is 4. The average molecular weight is 345 g/mol. The molecule has 2 heterocycles. The molecule has 1 N–H and O–H groups in total. The number of benzene rings is 1. The molecule has 1 aromatic carbocycles. The van der Waals surface area contributed by atoms with Gasteiger partial charge in [0.1, 0.15) is 11.6 Å². The van der Waals surface area contributed by atoms with Crippen LogP contribution in [-0.2, 0) is 17.8 Å². The molecule has 1 amide bonds. The highest BCUT2D eigenvalue weighted by atomic mass is 32.1. The van der Waals surface area contributed by atoms with Crippen molar-refractivity contribution in [2.45, 2.75) is 19.9 Å². The second-order valence-corrected chi connectivity index (χ2v) is 6.56. The number of carbonyl (C=O) groups is 2. The van der Waals surface area contributed by atoms with E-state index in [0.717, 1.165) is 5.56 Å². The standard InChI is InChI=1S/C17H16FN3O2S/c1-10(22)15-5-11(9-24-15)6-17(23)21(2)8-16-19-13-4-3-12(18)7-14(13)20-16/h3-5,7,9H,6,8H2,1-2H3,(H,19,20). The highest BCUT2D eigenvalue weighted by molar-refractivity contribution is 7.12. The largest absolute Gasteiger partial charge is 0.340 e. The molecule has 0 fully saturated rings. The highest BCUT2D eigenvalue weighted by Gasteiger charge is 2.14. The van der Waals surface area contributed by atoms with Crippen LogP contribution in [0, 0.1) is 5.82 Å². The van der Waals surface area contributed by atoms with Gasteiger partial charge < -0.3 is 9.88 Å². The first-order chi connectivity index (χ1) is 11.4. The first kappa shape index (κ1) is 16.3. The number of Topliss-reactive ketones (excluding diaryl/α,β-unsaturated/α-hetero) is 1. The fourth-order valence-corrected chi connectivity index (χ4v) is 3.20. The van der Waals surface area contributed by atoms with Crippen molar-refractivity contribution >= 4 is 34.1 Å². The van der Waals surface area contributed by atoms with Crippen LogP contribution in [0.1, 0.15) is 28.0 Å². The molecule has 0 bridgehead atoms. The molecule has 3 aromatic rings. The summed E-state index contributed by atoms with van der Waals surface area (Å²) in [5, 5.41) is 1.83. The Balaban J connectivity index is 1.67. The summed E-state index contributed by atoms with van der Waals surface area (Å²) in [5.74, 6) is 0.193. The molecule has 124 valence electrons. The van der Waals surface area contributed by atoms with Gasteiger partial charge in [-0.05, 0) is 42.1 Å². The highest BCUT2D eigenvalue weighted by Crippen LogP contribution is 2.17. The summed E-state index contributed by atoms with van der Waals surface area (Å²) in [6, 6.07) is 6.08. The van der Waals surface area contributed by atoms with Gasteiger partial charge in [0.2, 0.25) is 5.91 Å². The molecule has 0 saturated carbocycles. The van der Waals surface area contributed by atoms with Crippen molar-refractivity contribution in [2.75, 3.05) is 7.05 Å². The number of ketones is 1. The summed E-state index contributed by atoms with van der Waals surface area (Å²) in [7, 11) is 1.69. The topological polar surface area (TPSA) is 66.1 Å². The van der Waals surface area contributed by atoms with Gasteiger partial charge in [-0.25, -0.2) is 9.37 Å². The molecule has 24 heavy (non-hydrogen) atoms. The molecule has 5 nitrogen and oxygen atoms in total. The number of likely N-dealkylation sites (N-methyl/N-ethyl adjacent to an activating group) is 1. The van der Waals surface area contributed by atoms with Gasteiger partial charge in [-0.1, -0.05) is 0 Å². The number of nitrogens with one attached hydrogen (secondary N) is 1. The van der Waals surface area contributed by atoms with Crippen LogP contribution in [0.3, 0.4) is 0 Å². The Morgan fingerprint density at radius 2 is 2.12 bits per heavy atom. The van der Waals surface area contributed by atoms with Crippen molar-refractivity contribution in [3.63, 3.8) is 0 Å². The Bertz CT molecular complexity index is 916. The molecule has 0 spiro atoms. The van der Waals surface area contributed by atoms with Crippen molar-refractivity contribution in [3.8, 4) is 0 Å². The van der Waals surface area contributed by atoms with Crippen LogP contribution in [0.4, 0.5) is 4.39 Å². The first-order valence-electron chi connectivity index (χ1n) is 7.39. The molecular weight excluding hydrogens is 329 g/mol. The van der Waals surface area contributed by atoms with Crippen LogP contribution in [0.15, 0.2) is 29.6 Å². The van der Waals surface area contributed by atoms with Crippen LogP contribution < -0.4 is 0 Å². The lowest BCUT2D eigenvalue weighted by atomic mass is 10.2. The number of aromatic nitrogens is 2. The number of thiophene rings is 1. The third kappa shape index (κ3) is 3.51. The van der Waals surface area contributed by atoms with Crippen LogP contribution >= 0.6 is 11.3 Å². The Kier molecular flexibility index (Phi) is 4.44. The van der Waals surface area contributed by atoms with Crippen LogP contribution in [0.5, 0.6) is 0 Å². The quantitative estimate of drug-likeness (QED) is 0.722. The minimum Gasteiger partial charge on any atom is -0.340 e. The van der Waals surface area contributed by atoms with Gasteiger partial charge in [0.25, 0.3) is 0 Å². The number of amides is 1. The van der Waals surface area contributed by atoms with E-state index in [-0.39, 0.29) is 23.9 Å². The summed E-state index contributed by atoms with van der Waals surface area (Å²) in [6.45, 7) is 1.81. The second kappa shape index (κ2) is 6.52. The zero-order valence-corrected chi connectivity index (χ0v) is 14.1. The molecule has 0 radical (unpaired) electrons. The summed E-state index contributed by atoms with van der Waals surface area (Å²) in [6.07, 6.45) is 0.231. The Hall–Kier alpha value is -2.54. The van der Waals surface area contributed by atoms with Crippen molar-refractivity contribution in [1.82, 2.24) is 14.9 Å². The van der Waals surface area contributed by atoms with E-state index in [4.69, 9.17) is 0 Å². The number of fused-ring (bicyclic) bond motifs is 1. The lowest BCUT2D eigenvalue weighted by molar-refractivity contribution is -0.129. The maximum absolute atomic E-state index is 13.2. The number of hydrogen-bond donors (Lipinski definition) is 1. The van der Waals surface area contributed by atoms with Crippen molar-refractivity contribution in [3.05, 3.63) is 51.7 Å². The lowest BCUT2D eigenvalue weighted by Gasteiger charge is -2.15. The summed E-state index contributed by atoms with van der Waals surface area (Å²) < 4.78 is 13.2. The first-order valence-corrected chi connectivity index (χ1v) is 8.27. The molecule has 0 aliphatic carbocycles. The van der Waals surface area contributed by atoms with Crippen molar-refractivity contribution in [1.29, 1.82) is 0 Å². The molecule has 3 rings (SSSR count). The average Bonchev–Trinajstić information content (AvgIpc) is 3.13. The van der Waals surface area contributed by atoms with Crippen molar-refractivity contribution in [2.24, 2.45) is 0 Å². The van der Waals surface area contributed by atoms with E-state index in [9.17, 15) is 14.0 Å². The lowest BCUT2D eigenvalue weighted by Crippen LogP contribution is -2.28. The van der Waals surface area contributed by atoms with Crippen LogP contribution in [0.2, 0.25) is 0 Å². The minimum absolute atomic E-state index is 0.00145. The number of halogens is 1. The molecule has 7 heteroatoms. The number of rotatable bonds is 5. The maximum Gasteiger partial charge on any atom is 0.227 e. The normalized spacial score (nSPS) is 11.0. The Morgan fingerprint density at radius 1 is 1.33 bits per heavy atom. The van der Waals surface area contributed by atoms with Gasteiger partial charge in [-0.2, -0.15) is 0 Å². The third-order valence-electron chi connectivity index (χ3n) is 3.66. The third-order valence-corrected chi connectivity index (χ3v) is 4.74. The van der Waals surface area contributed by atoms with Gasteiger partial charge in [-0.15, -0.1) is 11.3 Å². The number of imidazole rings is 1.